The van der Waals surface area contributed by atoms with Crippen molar-refractivity contribution in [3.05, 3.63) is 24.0 Å². The van der Waals surface area contributed by atoms with Gasteiger partial charge in [-0.2, -0.15) is 0 Å². The van der Waals surface area contributed by atoms with E-state index in [4.69, 9.17) is 10.7 Å². The Balaban J connectivity index is 2.27. The van der Waals surface area contributed by atoms with Crippen LogP contribution in [0.2, 0.25) is 0 Å². The average molecular weight is 287 g/mol. The van der Waals surface area contributed by atoms with Crippen molar-refractivity contribution in [1.29, 1.82) is 0 Å². The van der Waals surface area contributed by atoms with Crippen molar-refractivity contribution >= 4 is 16.7 Å². The Morgan fingerprint density at radius 2 is 1.95 bits per heavy atom. The molecule has 0 bridgehead atoms. The number of nitrogens with zero attached hydrogens (tertiary/aromatic N) is 2. The van der Waals surface area contributed by atoms with Gasteiger partial charge in [-0.25, -0.2) is 4.98 Å². The van der Waals surface area contributed by atoms with Gasteiger partial charge in [0.25, 0.3) is 0 Å². The molecule has 3 nitrogen and oxygen atoms in total. The summed E-state index contributed by atoms with van der Waals surface area (Å²) in [4.78, 5) is 4.76. The third-order valence-corrected chi connectivity index (χ3v) is 4.21. The number of anilines is 1. The predicted molar refractivity (Wildman–Crippen MR) is 91.4 cm³/mol. The number of nitrogen functional groups attached to an aromatic ring is 1. The molecule has 3 heteroatoms. The van der Waals surface area contributed by atoms with Crippen LogP contribution in [-0.2, 0) is 13.0 Å². The summed E-state index contributed by atoms with van der Waals surface area (Å²) in [5.41, 5.74) is 9.21. The highest BCUT2D eigenvalue weighted by molar-refractivity contribution is 5.79. The Bertz CT molecular complexity index is 596. The summed E-state index contributed by atoms with van der Waals surface area (Å²) in [6.45, 7) is 10.2. The number of imidazole rings is 1. The number of benzene rings is 1. The zero-order valence-corrected chi connectivity index (χ0v) is 13.9. The van der Waals surface area contributed by atoms with Crippen LogP contribution in [0.25, 0.3) is 11.0 Å². The van der Waals surface area contributed by atoms with Crippen molar-refractivity contribution in [2.45, 2.75) is 66.3 Å². The highest BCUT2D eigenvalue weighted by atomic mass is 15.1. The van der Waals surface area contributed by atoms with Gasteiger partial charge < -0.3 is 10.3 Å². The summed E-state index contributed by atoms with van der Waals surface area (Å²) in [6, 6.07) is 6.07. The molecule has 0 aliphatic rings. The van der Waals surface area contributed by atoms with Crippen LogP contribution in [0.4, 0.5) is 5.69 Å². The van der Waals surface area contributed by atoms with Crippen molar-refractivity contribution in [2.24, 2.45) is 5.41 Å². The minimum absolute atomic E-state index is 0.300. The van der Waals surface area contributed by atoms with E-state index in [-0.39, 0.29) is 0 Å². The molecule has 0 aliphatic heterocycles. The molecule has 0 saturated carbocycles. The van der Waals surface area contributed by atoms with Gasteiger partial charge in [0.05, 0.1) is 11.0 Å². The van der Waals surface area contributed by atoms with Crippen molar-refractivity contribution in [3.8, 4) is 0 Å². The fourth-order valence-electron chi connectivity index (χ4n) is 3.00. The van der Waals surface area contributed by atoms with E-state index in [0.717, 1.165) is 24.2 Å². The van der Waals surface area contributed by atoms with Gasteiger partial charge in [-0.1, -0.05) is 47.0 Å². The SMILES string of the molecule is CCCCCC(C)(C)Cn1c(CC)nc2cc(N)ccc21. The smallest absolute Gasteiger partial charge is 0.109 e. The minimum atomic E-state index is 0.300. The summed E-state index contributed by atoms with van der Waals surface area (Å²) in [6.07, 6.45) is 6.14. The fourth-order valence-corrected chi connectivity index (χ4v) is 3.00. The topological polar surface area (TPSA) is 43.8 Å². The number of hydrogen-bond donors (Lipinski definition) is 1. The Kier molecular flexibility index (Phi) is 4.92. The van der Waals surface area contributed by atoms with Crippen LogP contribution in [0, 0.1) is 5.41 Å². The first kappa shape index (κ1) is 15.9. The third-order valence-electron chi connectivity index (χ3n) is 4.21. The highest BCUT2D eigenvalue weighted by Gasteiger charge is 2.21. The molecule has 0 aliphatic carbocycles. The molecule has 0 spiro atoms. The molecule has 0 unspecified atom stereocenters. The van der Waals surface area contributed by atoms with Crippen LogP contribution >= 0.6 is 0 Å². The number of unbranched alkanes of at least 4 members (excludes halogenated alkanes) is 2. The molecule has 1 heterocycles. The Labute approximate surface area is 128 Å². The molecular weight excluding hydrogens is 258 g/mol. The summed E-state index contributed by atoms with van der Waals surface area (Å²) in [5, 5.41) is 0. The van der Waals surface area contributed by atoms with Gasteiger partial charge in [-0.3, -0.25) is 0 Å². The summed E-state index contributed by atoms with van der Waals surface area (Å²) < 4.78 is 2.39. The second kappa shape index (κ2) is 6.50. The standard InChI is InChI=1S/C18H29N3/c1-5-7-8-11-18(3,4)13-21-16-10-9-14(19)12-15(16)20-17(21)6-2/h9-10,12H,5-8,11,13,19H2,1-4H3. The maximum atomic E-state index is 5.88. The highest BCUT2D eigenvalue weighted by Crippen LogP contribution is 2.29. The number of aromatic nitrogens is 2. The lowest BCUT2D eigenvalue weighted by Crippen LogP contribution is -2.21. The number of aryl methyl sites for hydroxylation is 1. The fraction of sp³-hybridized carbons (Fsp3) is 0.611. The van der Waals surface area contributed by atoms with E-state index in [1.807, 2.05) is 12.1 Å². The van der Waals surface area contributed by atoms with Gasteiger partial charge in [-0.05, 0) is 30.0 Å². The molecule has 0 atom stereocenters. The van der Waals surface area contributed by atoms with E-state index in [0.29, 0.717) is 5.41 Å². The second-order valence-corrected chi connectivity index (χ2v) is 6.84. The Morgan fingerprint density at radius 1 is 1.19 bits per heavy atom. The molecule has 116 valence electrons. The van der Waals surface area contributed by atoms with Crippen LogP contribution < -0.4 is 5.73 Å². The van der Waals surface area contributed by atoms with Crippen molar-refractivity contribution in [1.82, 2.24) is 9.55 Å². The molecule has 2 N–H and O–H groups in total. The van der Waals surface area contributed by atoms with Gasteiger partial charge in [0.15, 0.2) is 0 Å². The molecule has 0 fully saturated rings. The molecule has 0 saturated heterocycles. The summed E-state index contributed by atoms with van der Waals surface area (Å²) >= 11 is 0. The maximum Gasteiger partial charge on any atom is 0.109 e. The van der Waals surface area contributed by atoms with E-state index >= 15 is 0 Å². The van der Waals surface area contributed by atoms with E-state index in [2.05, 4.69) is 38.3 Å². The zero-order chi connectivity index (χ0) is 15.5. The number of nitrogens with two attached hydrogens (primary N) is 1. The molecule has 0 amide bonds. The van der Waals surface area contributed by atoms with E-state index < -0.39 is 0 Å². The first-order chi connectivity index (χ1) is 9.96. The van der Waals surface area contributed by atoms with Gasteiger partial charge in [0.1, 0.15) is 5.82 Å². The first-order valence-corrected chi connectivity index (χ1v) is 8.21. The molecular formula is C18H29N3. The minimum Gasteiger partial charge on any atom is -0.399 e. The number of rotatable bonds is 7. The number of hydrogen-bond acceptors (Lipinski definition) is 2. The van der Waals surface area contributed by atoms with E-state index in [1.54, 1.807) is 0 Å². The van der Waals surface area contributed by atoms with Crippen LogP contribution in [0.15, 0.2) is 18.2 Å². The van der Waals surface area contributed by atoms with Gasteiger partial charge in [0, 0.05) is 18.7 Å². The van der Waals surface area contributed by atoms with Crippen LogP contribution in [-0.4, -0.2) is 9.55 Å². The largest absolute Gasteiger partial charge is 0.399 e. The summed E-state index contributed by atoms with van der Waals surface area (Å²) in [5.74, 6) is 1.17. The quantitative estimate of drug-likeness (QED) is 0.588. The molecule has 2 rings (SSSR count). The lowest BCUT2D eigenvalue weighted by Gasteiger charge is -2.26. The van der Waals surface area contributed by atoms with Gasteiger partial charge >= 0.3 is 0 Å². The molecule has 2 aromatic rings. The normalized spacial score (nSPS) is 12.2. The van der Waals surface area contributed by atoms with Crippen molar-refractivity contribution in [2.75, 3.05) is 5.73 Å². The van der Waals surface area contributed by atoms with E-state index in [1.165, 1.54) is 37.0 Å². The Hall–Kier alpha value is -1.51. The van der Waals surface area contributed by atoms with Crippen LogP contribution in [0.1, 0.15) is 59.2 Å². The predicted octanol–water partition coefficient (Wildman–Crippen LogP) is 4.79. The van der Waals surface area contributed by atoms with Crippen LogP contribution in [0.5, 0.6) is 0 Å². The zero-order valence-electron chi connectivity index (χ0n) is 13.9. The Morgan fingerprint density at radius 3 is 2.62 bits per heavy atom. The van der Waals surface area contributed by atoms with Gasteiger partial charge in [0.2, 0.25) is 0 Å². The lowest BCUT2D eigenvalue weighted by atomic mass is 9.86. The number of fused-ring (bicyclic) bond motifs is 1. The lowest BCUT2D eigenvalue weighted by molar-refractivity contribution is 0.272. The second-order valence-electron chi connectivity index (χ2n) is 6.84. The average Bonchev–Trinajstić information content (AvgIpc) is 2.75. The summed E-state index contributed by atoms with van der Waals surface area (Å²) in [7, 11) is 0. The molecule has 0 radical (unpaired) electrons. The van der Waals surface area contributed by atoms with Gasteiger partial charge in [-0.15, -0.1) is 0 Å². The molecule has 21 heavy (non-hydrogen) atoms. The van der Waals surface area contributed by atoms with Crippen LogP contribution in [0.3, 0.4) is 0 Å². The molecule has 1 aromatic carbocycles. The molecule has 1 aromatic heterocycles. The monoisotopic (exact) mass is 287 g/mol. The van der Waals surface area contributed by atoms with E-state index in [9.17, 15) is 0 Å². The van der Waals surface area contributed by atoms with Crippen molar-refractivity contribution < 1.29 is 0 Å². The first-order valence-electron chi connectivity index (χ1n) is 8.21. The maximum absolute atomic E-state index is 5.88. The van der Waals surface area contributed by atoms with Crippen molar-refractivity contribution in [3.63, 3.8) is 0 Å². The third kappa shape index (κ3) is 3.78.